The molecule has 8 heteroatoms. The minimum Gasteiger partial charge on any atom is -0.544 e. The number of esters is 2. The van der Waals surface area contributed by atoms with Crippen LogP contribution in [0.25, 0.3) is 0 Å². The number of likely N-dealkylation sites (N-methyl/N-ethyl adjacent to an activating group) is 1. The van der Waals surface area contributed by atoms with E-state index < -0.39 is 18.1 Å². The number of allylic oxidation sites excluding steroid dienone is 14. The van der Waals surface area contributed by atoms with Crippen molar-refractivity contribution in [3.05, 3.63) is 85.1 Å². The maximum Gasteiger partial charge on any atom is 0.306 e. The number of hydrogen-bond acceptors (Lipinski definition) is 7. The van der Waals surface area contributed by atoms with Crippen molar-refractivity contribution in [1.82, 2.24) is 0 Å². The van der Waals surface area contributed by atoms with Gasteiger partial charge in [-0.25, -0.2) is 0 Å². The summed E-state index contributed by atoms with van der Waals surface area (Å²) in [6.45, 7) is 4.32. The third-order valence-corrected chi connectivity index (χ3v) is 8.28. The van der Waals surface area contributed by atoms with Gasteiger partial charge in [0.1, 0.15) is 12.6 Å². The number of nitrogens with zero attached hydrogens (tertiary/aromatic N) is 1. The normalized spacial score (nSPS) is 13.9. The van der Waals surface area contributed by atoms with Gasteiger partial charge in [0.05, 0.1) is 40.3 Å². The molecule has 0 spiro atoms. The number of hydrogen-bond donors (Lipinski definition) is 0. The van der Waals surface area contributed by atoms with E-state index in [1.54, 1.807) is 21.1 Å². The van der Waals surface area contributed by atoms with Gasteiger partial charge < -0.3 is 28.6 Å². The Morgan fingerprint density at radius 2 is 1.00 bits per heavy atom. The van der Waals surface area contributed by atoms with Crippen LogP contribution in [0.2, 0.25) is 0 Å². The molecular weight excluding hydrogens is 666 g/mol. The van der Waals surface area contributed by atoms with Crippen LogP contribution in [0.5, 0.6) is 0 Å². The number of carboxylic acids is 1. The highest BCUT2D eigenvalue weighted by molar-refractivity contribution is 5.70. The average Bonchev–Trinajstić information content (AvgIpc) is 3.11. The molecule has 0 fully saturated rings. The van der Waals surface area contributed by atoms with E-state index in [9.17, 15) is 19.5 Å². The maximum atomic E-state index is 12.6. The smallest absolute Gasteiger partial charge is 0.306 e. The number of carbonyl (C=O) groups is 3. The first kappa shape index (κ1) is 49.5. The second-order valence-corrected chi connectivity index (χ2v) is 14.1. The fourth-order valence-electron chi connectivity index (χ4n) is 5.19. The van der Waals surface area contributed by atoms with E-state index in [1.165, 1.54) is 0 Å². The SMILES string of the molecule is CC/C=C/C/C=C/C/C=C/C/C=C/C/C=C/CCCCCCC(=O)OCC(COCCC(C(=O)[O-])[N+](C)(C)C)OC(=O)CCCC/C=C/C/C=C/CC. The summed E-state index contributed by atoms with van der Waals surface area (Å²) in [6.07, 6.45) is 44.8. The lowest BCUT2D eigenvalue weighted by atomic mass is 10.1. The number of ether oxygens (including phenoxy) is 3. The van der Waals surface area contributed by atoms with E-state index in [1.807, 2.05) is 0 Å². The fraction of sp³-hybridized carbons (Fsp3) is 0.622. The lowest BCUT2D eigenvalue weighted by Crippen LogP contribution is -2.55. The number of quaternary nitrogens is 1. The largest absolute Gasteiger partial charge is 0.544 e. The molecule has 0 aliphatic carbocycles. The molecule has 300 valence electrons. The minimum atomic E-state index is -1.14. The summed E-state index contributed by atoms with van der Waals surface area (Å²) in [6, 6.07) is -0.738. The molecule has 0 bridgehead atoms. The minimum absolute atomic E-state index is 0.0136. The van der Waals surface area contributed by atoms with Crippen LogP contribution in [-0.2, 0) is 28.6 Å². The van der Waals surface area contributed by atoms with Crippen LogP contribution in [0, 0.1) is 0 Å². The molecule has 53 heavy (non-hydrogen) atoms. The van der Waals surface area contributed by atoms with E-state index in [4.69, 9.17) is 14.2 Å². The number of carbonyl (C=O) groups excluding carboxylic acids is 3. The topological polar surface area (TPSA) is 102 Å². The Bertz CT molecular complexity index is 1140. The number of aliphatic carboxylic acids is 1. The van der Waals surface area contributed by atoms with Crippen molar-refractivity contribution in [2.45, 2.75) is 142 Å². The zero-order valence-electron chi connectivity index (χ0n) is 33.9. The van der Waals surface area contributed by atoms with Crippen LogP contribution in [-0.4, -0.2) is 75.5 Å². The highest BCUT2D eigenvalue weighted by Gasteiger charge is 2.25. The summed E-state index contributed by atoms with van der Waals surface area (Å²) in [5.74, 6) is -1.83. The molecule has 0 saturated carbocycles. The predicted octanol–water partition coefficient (Wildman–Crippen LogP) is 9.24. The van der Waals surface area contributed by atoms with Crippen molar-refractivity contribution in [3.8, 4) is 0 Å². The molecule has 0 aromatic carbocycles. The van der Waals surface area contributed by atoms with E-state index in [2.05, 4.69) is 98.9 Å². The Hall–Kier alpha value is -3.49. The summed E-state index contributed by atoms with van der Waals surface area (Å²) >= 11 is 0. The van der Waals surface area contributed by atoms with Crippen LogP contribution in [0.4, 0.5) is 0 Å². The van der Waals surface area contributed by atoms with E-state index in [0.717, 1.165) is 89.9 Å². The summed E-state index contributed by atoms with van der Waals surface area (Å²) in [7, 11) is 5.36. The third-order valence-electron chi connectivity index (χ3n) is 8.28. The van der Waals surface area contributed by atoms with Gasteiger partial charge in [0.15, 0.2) is 6.10 Å². The van der Waals surface area contributed by atoms with Crippen LogP contribution < -0.4 is 5.11 Å². The summed E-state index contributed by atoms with van der Waals surface area (Å²) in [5.41, 5.74) is 0. The van der Waals surface area contributed by atoms with Gasteiger partial charge in [-0.1, -0.05) is 112 Å². The van der Waals surface area contributed by atoms with Gasteiger partial charge in [0, 0.05) is 19.3 Å². The summed E-state index contributed by atoms with van der Waals surface area (Å²) in [5, 5.41) is 11.6. The quantitative estimate of drug-likeness (QED) is 0.0281. The fourth-order valence-corrected chi connectivity index (χ4v) is 5.19. The molecular formula is C45H73NO7. The number of rotatable bonds is 34. The van der Waals surface area contributed by atoms with Crippen LogP contribution in [0.15, 0.2) is 85.1 Å². The molecule has 0 aromatic heterocycles. The second-order valence-electron chi connectivity index (χ2n) is 14.1. The zero-order chi connectivity index (χ0) is 39.3. The Labute approximate surface area is 323 Å². The highest BCUT2D eigenvalue weighted by atomic mass is 16.6. The predicted molar refractivity (Wildman–Crippen MR) is 217 cm³/mol. The zero-order valence-corrected chi connectivity index (χ0v) is 33.9. The van der Waals surface area contributed by atoms with E-state index in [-0.39, 0.29) is 49.1 Å². The molecule has 0 N–H and O–H groups in total. The highest BCUT2D eigenvalue weighted by Crippen LogP contribution is 2.11. The Morgan fingerprint density at radius 1 is 0.566 bits per heavy atom. The number of carboxylic acid groups (broad SMARTS) is 1. The van der Waals surface area contributed by atoms with Crippen molar-refractivity contribution in [3.63, 3.8) is 0 Å². The maximum absolute atomic E-state index is 12.6. The summed E-state index contributed by atoms with van der Waals surface area (Å²) in [4.78, 5) is 36.6. The van der Waals surface area contributed by atoms with Gasteiger partial charge in [0.2, 0.25) is 0 Å². The lowest BCUT2D eigenvalue weighted by molar-refractivity contribution is -0.889. The Kier molecular flexibility index (Phi) is 33.2. The molecule has 0 aromatic rings. The first-order chi connectivity index (χ1) is 25.6. The average molecular weight is 740 g/mol. The molecule has 0 rings (SSSR count). The van der Waals surface area contributed by atoms with Gasteiger partial charge >= 0.3 is 11.9 Å². The monoisotopic (exact) mass is 740 g/mol. The first-order valence-electron chi connectivity index (χ1n) is 20.1. The van der Waals surface area contributed by atoms with Crippen molar-refractivity contribution in [2.24, 2.45) is 0 Å². The van der Waals surface area contributed by atoms with Crippen molar-refractivity contribution in [1.29, 1.82) is 0 Å². The summed E-state index contributed by atoms with van der Waals surface area (Å²) < 4.78 is 17.0. The molecule has 0 aliphatic heterocycles. The van der Waals surface area contributed by atoms with Crippen LogP contribution in [0.3, 0.4) is 0 Å². The molecule has 0 saturated heterocycles. The number of unbranched alkanes of at least 4 members (excludes halogenated alkanes) is 6. The van der Waals surface area contributed by atoms with Gasteiger partial charge in [-0.15, -0.1) is 0 Å². The standard InChI is InChI=1S/C45H73NO7/c1-6-8-10-12-14-16-17-18-19-20-21-22-23-24-25-26-28-29-31-33-35-43(47)52-40-41(39-51-38-37-42(45(49)50)46(3,4)5)53-44(48)36-34-32-30-27-15-13-11-9-7-2/h8-11,14-16,18-19,21-22,24-25,27,41-42H,6-7,12-13,17,20,23,26,28-40H2,1-5H3/b10-8+,11-9+,16-14+,19-18+,22-21+,25-24+,27-15+. The van der Waals surface area contributed by atoms with Crippen molar-refractivity contribution >= 4 is 17.9 Å². The van der Waals surface area contributed by atoms with Crippen molar-refractivity contribution < 1.29 is 38.2 Å². The van der Waals surface area contributed by atoms with Gasteiger partial charge in [-0.3, -0.25) is 9.59 Å². The molecule has 8 nitrogen and oxygen atoms in total. The molecule has 2 atom stereocenters. The van der Waals surface area contributed by atoms with Crippen molar-refractivity contribution in [2.75, 3.05) is 41.0 Å². The van der Waals surface area contributed by atoms with Gasteiger partial charge in [-0.2, -0.15) is 0 Å². The van der Waals surface area contributed by atoms with E-state index in [0.29, 0.717) is 12.8 Å². The molecule has 0 amide bonds. The lowest BCUT2D eigenvalue weighted by Gasteiger charge is -2.34. The second kappa shape index (κ2) is 35.5. The van der Waals surface area contributed by atoms with Gasteiger partial charge in [-0.05, 0) is 83.5 Å². The van der Waals surface area contributed by atoms with Gasteiger partial charge in [0.25, 0.3) is 0 Å². The molecule has 0 radical (unpaired) electrons. The Balaban J connectivity index is 4.40. The third kappa shape index (κ3) is 34.1. The molecule has 0 aliphatic rings. The Morgan fingerprint density at radius 3 is 1.49 bits per heavy atom. The van der Waals surface area contributed by atoms with E-state index >= 15 is 0 Å². The van der Waals surface area contributed by atoms with Crippen LogP contribution >= 0.6 is 0 Å². The molecule has 0 heterocycles. The molecule has 2 unspecified atom stereocenters. The van der Waals surface area contributed by atoms with Crippen LogP contribution in [0.1, 0.15) is 129 Å². The first-order valence-corrected chi connectivity index (χ1v) is 20.1.